The lowest BCUT2D eigenvalue weighted by molar-refractivity contribution is -0.119. The zero-order valence-corrected chi connectivity index (χ0v) is 11.9. The molecule has 1 aromatic heterocycles. The zero-order chi connectivity index (χ0) is 14.3. The van der Waals surface area contributed by atoms with Crippen molar-refractivity contribution in [2.45, 2.75) is 46.5 Å². The Labute approximate surface area is 114 Å². The van der Waals surface area contributed by atoms with E-state index in [-0.39, 0.29) is 17.8 Å². The molecule has 0 saturated carbocycles. The lowest BCUT2D eigenvalue weighted by Gasteiger charge is -2.13. The molecule has 6 nitrogen and oxygen atoms in total. The van der Waals surface area contributed by atoms with Crippen LogP contribution >= 0.6 is 0 Å². The van der Waals surface area contributed by atoms with Gasteiger partial charge in [0.2, 0.25) is 11.9 Å². The van der Waals surface area contributed by atoms with Crippen molar-refractivity contribution in [1.29, 1.82) is 0 Å². The Morgan fingerprint density at radius 2 is 1.89 bits per heavy atom. The molecule has 1 aromatic rings. The number of nitrogens with two attached hydrogens (primary N) is 1. The maximum atomic E-state index is 12.0. The molecule has 0 aliphatic heterocycles. The SMILES string of the molecule is CCCC(CN)C(=O)Nc1nnc(CC)c(CC)n1. The summed E-state index contributed by atoms with van der Waals surface area (Å²) in [4.78, 5) is 16.3. The van der Waals surface area contributed by atoms with Crippen molar-refractivity contribution in [3.05, 3.63) is 11.4 Å². The van der Waals surface area contributed by atoms with Gasteiger partial charge in [0.25, 0.3) is 0 Å². The lowest BCUT2D eigenvalue weighted by atomic mass is 10.0. The standard InChI is InChI=1S/C13H23N5O/c1-4-7-9(8-14)12(19)16-13-15-10(5-2)11(6-3)17-18-13/h9H,4-8,14H2,1-3H3,(H,15,16,18,19). The van der Waals surface area contributed by atoms with Gasteiger partial charge in [0, 0.05) is 6.54 Å². The van der Waals surface area contributed by atoms with Crippen molar-refractivity contribution in [3.8, 4) is 0 Å². The second kappa shape index (κ2) is 7.78. The number of anilines is 1. The van der Waals surface area contributed by atoms with Crippen molar-refractivity contribution in [1.82, 2.24) is 15.2 Å². The minimum Gasteiger partial charge on any atom is -0.330 e. The molecule has 0 saturated heterocycles. The third-order valence-electron chi connectivity index (χ3n) is 3.04. The Bertz CT molecular complexity index is 421. The van der Waals surface area contributed by atoms with Crippen LogP contribution in [-0.4, -0.2) is 27.6 Å². The Balaban J connectivity index is 2.79. The molecule has 19 heavy (non-hydrogen) atoms. The first kappa shape index (κ1) is 15.5. The molecule has 1 amide bonds. The third-order valence-corrected chi connectivity index (χ3v) is 3.04. The Morgan fingerprint density at radius 3 is 2.42 bits per heavy atom. The van der Waals surface area contributed by atoms with Gasteiger partial charge in [-0.2, -0.15) is 0 Å². The van der Waals surface area contributed by atoms with Crippen LogP contribution in [0.3, 0.4) is 0 Å². The van der Waals surface area contributed by atoms with E-state index in [1.807, 2.05) is 20.8 Å². The molecule has 6 heteroatoms. The van der Waals surface area contributed by atoms with Crippen LogP contribution in [0, 0.1) is 5.92 Å². The van der Waals surface area contributed by atoms with Crippen LogP contribution in [0.2, 0.25) is 0 Å². The molecular formula is C13H23N5O. The molecule has 0 spiro atoms. The fourth-order valence-electron chi connectivity index (χ4n) is 1.91. The minimum atomic E-state index is -0.190. The molecule has 1 heterocycles. The van der Waals surface area contributed by atoms with E-state index in [0.29, 0.717) is 6.54 Å². The van der Waals surface area contributed by atoms with E-state index in [0.717, 1.165) is 37.1 Å². The number of carbonyl (C=O) groups excluding carboxylic acids is 1. The van der Waals surface area contributed by atoms with Crippen LogP contribution in [0.25, 0.3) is 0 Å². The molecule has 1 rings (SSSR count). The fourth-order valence-corrected chi connectivity index (χ4v) is 1.91. The average Bonchev–Trinajstić information content (AvgIpc) is 2.44. The van der Waals surface area contributed by atoms with Gasteiger partial charge in [0.05, 0.1) is 17.3 Å². The van der Waals surface area contributed by atoms with E-state index >= 15 is 0 Å². The van der Waals surface area contributed by atoms with E-state index < -0.39 is 0 Å². The average molecular weight is 265 g/mol. The fraction of sp³-hybridized carbons (Fsp3) is 0.692. The number of aryl methyl sites for hydroxylation is 2. The minimum absolute atomic E-state index is 0.127. The smallest absolute Gasteiger partial charge is 0.249 e. The van der Waals surface area contributed by atoms with E-state index in [1.54, 1.807) is 0 Å². The van der Waals surface area contributed by atoms with Crippen molar-refractivity contribution in [2.24, 2.45) is 11.7 Å². The summed E-state index contributed by atoms with van der Waals surface area (Å²) < 4.78 is 0. The van der Waals surface area contributed by atoms with Gasteiger partial charge < -0.3 is 5.73 Å². The van der Waals surface area contributed by atoms with Crippen LogP contribution < -0.4 is 11.1 Å². The summed E-state index contributed by atoms with van der Waals surface area (Å²) in [6, 6.07) is 0. The number of amides is 1. The highest BCUT2D eigenvalue weighted by atomic mass is 16.2. The quantitative estimate of drug-likeness (QED) is 0.775. The number of hydrogen-bond acceptors (Lipinski definition) is 5. The highest BCUT2D eigenvalue weighted by Gasteiger charge is 2.17. The highest BCUT2D eigenvalue weighted by Crippen LogP contribution is 2.10. The van der Waals surface area contributed by atoms with Crippen molar-refractivity contribution >= 4 is 11.9 Å². The van der Waals surface area contributed by atoms with Crippen LogP contribution in [0.4, 0.5) is 5.95 Å². The predicted octanol–water partition coefficient (Wildman–Crippen LogP) is 1.31. The normalized spacial score (nSPS) is 12.2. The van der Waals surface area contributed by atoms with Gasteiger partial charge in [-0.25, -0.2) is 4.98 Å². The van der Waals surface area contributed by atoms with Gasteiger partial charge in [-0.3, -0.25) is 10.1 Å². The van der Waals surface area contributed by atoms with Gasteiger partial charge in [-0.1, -0.05) is 27.2 Å². The van der Waals surface area contributed by atoms with Crippen LogP contribution in [0.5, 0.6) is 0 Å². The Morgan fingerprint density at radius 1 is 1.21 bits per heavy atom. The van der Waals surface area contributed by atoms with Gasteiger partial charge in [0.15, 0.2) is 0 Å². The summed E-state index contributed by atoms with van der Waals surface area (Å²) in [7, 11) is 0. The van der Waals surface area contributed by atoms with E-state index in [2.05, 4.69) is 20.5 Å². The molecule has 0 aliphatic rings. The van der Waals surface area contributed by atoms with Gasteiger partial charge in [-0.05, 0) is 19.3 Å². The predicted molar refractivity (Wildman–Crippen MR) is 74.7 cm³/mol. The number of nitrogens with zero attached hydrogens (tertiary/aromatic N) is 3. The lowest BCUT2D eigenvalue weighted by Crippen LogP contribution is -2.30. The topological polar surface area (TPSA) is 93.8 Å². The number of carbonyl (C=O) groups is 1. The first-order chi connectivity index (χ1) is 9.15. The molecule has 0 radical (unpaired) electrons. The summed E-state index contributed by atoms with van der Waals surface area (Å²) in [5.41, 5.74) is 7.36. The van der Waals surface area contributed by atoms with E-state index in [9.17, 15) is 4.79 Å². The van der Waals surface area contributed by atoms with Crippen LogP contribution in [0.15, 0.2) is 0 Å². The largest absolute Gasteiger partial charge is 0.330 e. The maximum Gasteiger partial charge on any atom is 0.249 e. The second-order valence-electron chi connectivity index (χ2n) is 4.45. The zero-order valence-electron chi connectivity index (χ0n) is 11.9. The molecule has 0 bridgehead atoms. The first-order valence-corrected chi connectivity index (χ1v) is 6.89. The number of aromatic nitrogens is 3. The summed E-state index contributed by atoms with van der Waals surface area (Å²) in [5, 5.41) is 10.7. The summed E-state index contributed by atoms with van der Waals surface area (Å²) in [6.07, 6.45) is 3.25. The van der Waals surface area contributed by atoms with Crippen molar-refractivity contribution in [2.75, 3.05) is 11.9 Å². The molecule has 0 aromatic carbocycles. The summed E-state index contributed by atoms with van der Waals surface area (Å²) in [6.45, 7) is 6.38. The number of rotatable bonds is 7. The second-order valence-corrected chi connectivity index (χ2v) is 4.45. The van der Waals surface area contributed by atoms with E-state index in [4.69, 9.17) is 5.73 Å². The molecule has 106 valence electrons. The highest BCUT2D eigenvalue weighted by molar-refractivity contribution is 5.91. The molecule has 0 fully saturated rings. The number of nitrogens with one attached hydrogen (secondary N) is 1. The van der Waals surface area contributed by atoms with Gasteiger partial charge in [-0.15, -0.1) is 10.2 Å². The van der Waals surface area contributed by atoms with Gasteiger partial charge in [0.1, 0.15) is 0 Å². The maximum absolute atomic E-state index is 12.0. The van der Waals surface area contributed by atoms with Crippen LogP contribution in [0.1, 0.15) is 45.0 Å². The van der Waals surface area contributed by atoms with Crippen LogP contribution in [-0.2, 0) is 17.6 Å². The molecular weight excluding hydrogens is 242 g/mol. The van der Waals surface area contributed by atoms with Gasteiger partial charge >= 0.3 is 0 Å². The van der Waals surface area contributed by atoms with Crippen molar-refractivity contribution in [3.63, 3.8) is 0 Å². The molecule has 1 atom stereocenters. The number of hydrogen-bond donors (Lipinski definition) is 2. The summed E-state index contributed by atoms with van der Waals surface area (Å²) in [5.74, 6) is -0.0458. The summed E-state index contributed by atoms with van der Waals surface area (Å²) >= 11 is 0. The van der Waals surface area contributed by atoms with E-state index in [1.165, 1.54) is 0 Å². The third kappa shape index (κ3) is 4.24. The Hall–Kier alpha value is -1.56. The van der Waals surface area contributed by atoms with Crippen molar-refractivity contribution < 1.29 is 4.79 Å². The molecule has 1 unspecified atom stereocenters. The monoisotopic (exact) mass is 265 g/mol. The first-order valence-electron chi connectivity index (χ1n) is 6.89. The molecule has 3 N–H and O–H groups in total. The molecule has 0 aliphatic carbocycles. The Kier molecular flexibility index (Phi) is 6.35.